The van der Waals surface area contributed by atoms with Gasteiger partial charge >= 0.3 is 5.97 Å². The van der Waals surface area contributed by atoms with Crippen molar-refractivity contribution >= 4 is 24.7 Å². The molecule has 0 saturated carbocycles. The van der Waals surface area contributed by atoms with Crippen molar-refractivity contribution in [3.8, 4) is 0 Å². The van der Waals surface area contributed by atoms with Crippen molar-refractivity contribution < 1.29 is 23.4 Å². The van der Waals surface area contributed by atoms with E-state index in [0.717, 1.165) is 19.3 Å². The van der Waals surface area contributed by atoms with E-state index < -0.39 is 14.4 Å². The van der Waals surface area contributed by atoms with Gasteiger partial charge in [-0.15, -0.1) is 0 Å². The lowest BCUT2D eigenvalue weighted by molar-refractivity contribution is -0.183. The molecule has 6 heteroatoms. The van der Waals surface area contributed by atoms with Gasteiger partial charge in [0.05, 0.1) is 13.2 Å². The molecule has 3 rings (SSSR count). The van der Waals surface area contributed by atoms with Gasteiger partial charge in [0.1, 0.15) is 6.10 Å². The third-order valence-electron chi connectivity index (χ3n) is 6.08. The molecule has 0 amide bonds. The maximum atomic E-state index is 12.0. The predicted molar refractivity (Wildman–Crippen MR) is 138 cm³/mol. The third-order valence-corrected chi connectivity index (χ3v) is 11.1. The van der Waals surface area contributed by atoms with Crippen LogP contribution in [-0.2, 0) is 23.4 Å². The number of esters is 1. The summed E-state index contributed by atoms with van der Waals surface area (Å²) < 4.78 is 24.2. The monoisotopic (exact) mass is 482 g/mol. The number of benzene rings is 2. The second-order valence-corrected chi connectivity index (χ2v) is 13.9. The van der Waals surface area contributed by atoms with Crippen molar-refractivity contribution in [3.63, 3.8) is 0 Å². The molecule has 1 heterocycles. The van der Waals surface area contributed by atoms with Crippen molar-refractivity contribution in [1.82, 2.24) is 0 Å². The van der Waals surface area contributed by atoms with Crippen molar-refractivity contribution in [1.29, 1.82) is 0 Å². The van der Waals surface area contributed by atoms with Gasteiger partial charge in [0.2, 0.25) is 0 Å². The molecule has 0 aliphatic carbocycles. The SMILES string of the molecule is CCOC(=O)/C=C/[C@@H](CO[Si](c1ccccc1)(c1ccccc1)C(C)(C)C)OC1CCCCO1. The van der Waals surface area contributed by atoms with Crippen LogP contribution in [0.15, 0.2) is 72.8 Å². The zero-order valence-corrected chi connectivity index (χ0v) is 21.9. The molecule has 0 bridgehead atoms. The van der Waals surface area contributed by atoms with Gasteiger partial charge in [-0.3, -0.25) is 0 Å². The molecule has 0 spiro atoms. The maximum Gasteiger partial charge on any atom is 0.330 e. The van der Waals surface area contributed by atoms with Crippen LogP contribution in [0.2, 0.25) is 5.04 Å². The molecule has 2 aromatic rings. The smallest absolute Gasteiger partial charge is 0.330 e. The van der Waals surface area contributed by atoms with E-state index in [0.29, 0.717) is 19.8 Å². The molecule has 1 saturated heterocycles. The molecule has 184 valence electrons. The lowest BCUT2D eigenvalue weighted by atomic mass is 10.2. The highest BCUT2D eigenvalue weighted by molar-refractivity contribution is 6.99. The predicted octanol–water partition coefficient (Wildman–Crippen LogP) is 4.59. The molecule has 0 radical (unpaired) electrons. The average Bonchev–Trinajstić information content (AvgIpc) is 2.84. The highest BCUT2D eigenvalue weighted by atomic mass is 28.4. The summed E-state index contributed by atoms with van der Waals surface area (Å²) in [6.07, 6.45) is 5.39. The molecular formula is C28H38O5Si. The fourth-order valence-corrected chi connectivity index (χ4v) is 9.07. The molecule has 5 nitrogen and oxygen atoms in total. The Labute approximate surface area is 205 Å². The normalized spacial score (nSPS) is 18.1. The Morgan fingerprint density at radius 3 is 2.18 bits per heavy atom. The number of rotatable bonds is 10. The van der Waals surface area contributed by atoms with E-state index in [9.17, 15) is 4.79 Å². The van der Waals surface area contributed by atoms with Crippen molar-refractivity contribution in [2.75, 3.05) is 19.8 Å². The van der Waals surface area contributed by atoms with Crippen molar-refractivity contribution in [2.45, 2.75) is 64.4 Å². The van der Waals surface area contributed by atoms with Crippen LogP contribution in [0.1, 0.15) is 47.0 Å². The van der Waals surface area contributed by atoms with Crippen LogP contribution in [0.3, 0.4) is 0 Å². The summed E-state index contributed by atoms with van der Waals surface area (Å²) in [5.74, 6) is -0.383. The Bertz CT molecular complexity index is 862. The molecule has 2 atom stereocenters. The molecule has 34 heavy (non-hydrogen) atoms. The first-order chi connectivity index (χ1) is 16.4. The Hall–Kier alpha value is -2.25. The molecule has 1 aliphatic heterocycles. The third kappa shape index (κ3) is 6.66. The molecule has 0 N–H and O–H groups in total. The average molecular weight is 483 g/mol. The zero-order chi connectivity index (χ0) is 24.4. The van der Waals surface area contributed by atoms with Crippen molar-refractivity contribution in [2.24, 2.45) is 0 Å². The zero-order valence-electron chi connectivity index (χ0n) is 20.9. The van der Waals surface area contributed by atoms with Gasteiger partial charge < -0.3 is 18.6 Å². The standard InChI is InChI=1S/C28H38O5Si/c1-5-30-26(29)20-19-23(33-27-18-12-13-21-31-27)22-32-34(28(2,3)4,24-14-8-6-9-15-24)25-16-10-7-11-17-25/h6-11,14-17,19-20,23,27H,5,12-13,18,21-22H2,1-4H3/b20-19+/t23-,27?/m0/s1. The second-order valence-electron chi connectivity index (χ2n) is 9.56. The van der Waals surface area contributed by atoms with Gasteiger partial charge in [-0.2, -0.15) is 0 Å². The summed E-state index contributed by atoms with van der Waals surface area (Å²) in [5.41, 5.74) is 0. The molecular weight excluding hydrogens is 444 g/mol. The summed E-state index contributed by atoms with van der Waals surface area (Å²) in [7, 11) is -2.72. The Balaban J connectivity index is 1.94. The first kappa shape index (κ1) is 26.4. The van der Waals surface area contributed by atoms with E-state index >= 15 is 0 Å². The quantitative estimate of drug-likeness (QED) is 0.282. The summed E-state index contributed by atoms with van der Waals surface area (Å²) in [6, 6.07) is 21.0. The maximum absolute atomic E-state index is 12.0. The first-order valence-corrected chi connectivity index (χ1v) is 14.1. The van der Waals surface area contributed by atoms with Gasteiger partial charge in [0.15, 0.2) is 6.29 Å². The Morgan fingerprint density at radius 1 is 1.06 bits per heavy atom. The van der Waals surface area contributed by atoms with Gasteiger partial charge in [-0.05, 0) is 47.7 Å². The topological polar surface area (TPSA) is 54.0 Å². The summed E-state index contributed by atoms with van der Waals surface area (Å²) in [6.45, 7) is 9.85. The minimum Gasteiger partial charge on any atom is -0.463 e. The first-order valence-electron chi connectivity index (χ1n) is 12.2. The van der Waals surface area contributed by atoms with E-state index in [2.05, 4.69) is 69.3 Å². The van der Waals surface area contributed by atoms with E-state index in [1.165, 1.54) is 16.4 Å². The van der Waals surface area contributed by atoms with E-state index in [1.807, 2.05) is 12.1 Å². The van der Waals surface area contributed by atoms with Gasteiger partial charge in [-0.1, -0.05) is 81.4 Å². The minimum atomic E-state index is -2.72. The van der Waals surface area contributed by atoms with Gasteiger partial charge in [0, 0.05) is 12.7 Å². The van der Waals surface area contributed by atoms with Gasteiger partial charge in [0.25, 0.3) is 8.32 Å². The van der Waals surface area contributed by atoms with Crippen LogP contribution >= 0.6 is 0 Å². The lowest BCUT2D eigenvalue weighted by Crippen LogP contribution is -2.67. The van der Waals surface area contributed by atoms with E-state index in [-0.39, 0.29) is 17.3 Å². The summed E-state index contributed by atoms with van der Waals surface area (Å²) in [4.78, 5) is 12.0. The Morgan fingerprint density at radius 2 is 1.68 bits per heavy atom. The summed E-state index contributed by atoms with van der Waals surface area (Å²) in [5, 5.41) is 2.26. The highest BCUT2D eigenvalue weighted by Gasteiger charge is 2.50. The fourth-order valence-electron chi connectivity index (χ4n) is 4.50. The van der Waals surface area contributed by atoms with Crippen LogP contribution in [0.25, 0.3) is 0 Å². The molecule has 2 aromatic carbocycles. The van der Waals surface area contributed by atoms with Crippen molar-refractivity contribution in [3.05, 3.63) is 72.8 Å². The fraction of sp³-hybridized carbons (Fsp3) is 0.464. The molecule has 0 aromatic heterocycles. The number of carbonyl (C=O) groups excluding carboxylic acids is 1. The second kappa shape index (κ2) is 12.5. The van der Waals surface area contributed by atoms with Crippen LogP contribution in [0, 0.1) is 0 Å². The largest absolute Gasteiger partial charge is 0.463 e. The number of hydrogen-bond acceptors (Lipinski definition) is 5. The van der Waals surface area contributed by atoms with Gasteiger partial charge in [-0.25, -0.2) is 4.79 Å². The Kier molecular flexibility index (Phi) is 9.65. The highest BCUT2D eigenvalue weighted by Crippen LogP contribution is 2.37. The van der Waals surface area contributed by atoms with Crippen LogP contribution in [0.4, 0.5) is 0 Å². The van der Waals surface area contributed by atoms with E-state index in [4.69, 9.17) is 18.6 Å². The summed E-state index contributed by atoms with van der Waals surface area (Å²) >= 11 is 0. The number of ether oxygens (including phenoxy) is 3. The van der Waals surface area contributed by atoms with Crippen LogP contribution in [0.5, 0.6) is 0 Å². The molecule has 1 fully saturated rings. The number of hydrogen-bond donors (Lipinski definition) is 0. The molecule has 1 unspecified atom stereocenters. The minimum absolute atomic E-state index is 0.146. The lowest BCUT2D eigenvalue weighted by Gasteiger charge is -2.43. The number of carbonyl (C=O) groups is 1. The van der Waals surface area contributed by atoms with Crippen LogP contribution < -0.4 is 10.4 Å². The molecule has 1 aliphatic rings. The van der Waals surface area contributed by atoms with E-state index in [1.54, 1.807) is 13.0 Å². The van der Waals surface area contributed by atoms with Crippen LogP contribution in [-0.4, -0.2) is 46.5 Å².